The van der Waals surface area contributed by atoms with Crippen molar-refractivity contribution >= 4 is 48.1 Å². The molecule has 0 spiro atoms. The summed E-state index contributed by atoms with van der Waals surface area (Å²) in [6, 6.07) is 29.6. The number of aromatic nitrogens is 4. The van der Waals surface area contributed by atoms with Crippen molar-refractivity contribution in [3.63, 3.8) is 0 Å². The van der Waals surface area contributed by atoms with Crippen molar-refractivity contribution in [3.8, 4) is 16.9 Å². The summed E-state index contributed by atoms with van der Waals surface area (Å²) in [6.45, 7) is 19.4. The summed E-state index contributed by atoms with van der Waals surface area (Å²) < 4.78 is 14.9. The number of H-pyrrole nitrogens is 1. The molecule has 13 heteroatoms. The number of amides is 1. The molecular formula is C51H65N7O5Si. The average Bonchev–Trinajstić information content (AvgIpc) is 3.64. The van der Waals surface area contributed by atoms with Crippen molar-refractivity contribution in [1.82, 2.24) is 30.6 Å². The third-order valence-electron chi connectivity index (χ3n) is 12.5. The highest BCUT2D eigenvalue weighted by atomic mass is 28.4. The smallest absolute Gasteiger partial charge is 0.411 e. The molecule has 0 radical (unpaired) electrons. The number of pyridine rings is 1. The number of ether oxygens (including phenoxy) is 1. The normalized spacial score (nSPS) is 16.7. The van der Waals surface area contributed by atoms with Gasteiger partial charge in [0.2, 0.25) is 5.56 Å². The Morgan fingerprint density at radius 1 is 0.953 bits per heavy atom. The van der Waals surface area contributed by atoms with Crippen LogP contribution in [-0.2, 0) is 22.3 Å². The maximum absolute atomic E-state index is 13.3. The maximum Gasteiger partial charge on any atom is 0.411 e. The van der Waals surface area contributed by atoms with Gasteiger partial charge in [-0.25, -0.2) is 9.48 Å². The number of nitrogens with zero attached hydrogens (tertiary/aromatic N) is 3. The second-order valence-corrected chi connectivity index (χ2v) is 24.4. The Bertz CT molecular complexity index is 2640. The van der Waals surface area contributed by atoms with E-state index in [1.165, 1.54) is 6.07 Å². The Morgan fingerprint density at radius 3 is 2.45 bits per heavy atom. The summed E-state index contributed by atoms with van der Waals surface area (Å²) in [7, 11) is -2.22. The van der Waals surface area contributed by atoms with E-state index in [1.807, 2.05) is 53.2 Å². The van der Waals surface area contributed by atoms with Gasteiger partial charge in [-0.15, -0.1) is 5.10 Å². The Morgan fingerprint density at radius 2 is 1.72 bits per heavy atom. The number of benzene rings is 4. The van der Waals surface area contributed by atoms with Gasteiger partial charge in [0.25, 0.3) is 0 Å². The molecule has 6 aromatic rings. The highest BCUT2D eigenvalue weighted by Gasteiger charge is 2.40. The molecule has 12 nitrogen and oxygen atoms in total. The first-order chi connectivity index (χ1) is 30.4. The van der Waals surface area contributed by atoms with Crippen molar-refractivity contribution in [2.45, 2.75) is 129 Å². The second-order valence-electron chi connectivity index (χ2n) is 19.7. The van der Waals surface area contributed by atoms with Crippen molar-refractivity contribution < 1.29 is 19.1 Å². The van der Waals surface area contributed by atoms with Crippen molar-refractivity contribution in [3.05, 3.63) is 124 Å². The number of nitrogens with one attached hydrogen (secondary N) is 4. The summed E-state index contributed by atoms with van der Waals surface area (Å²) in [5, 5.41) is 30.7. The van der Waals surface area contributed by atoms with E-state index in [2.05, 4.69) is 122 Å². The minimum atomic E-state index is -2.22. The molecule has 64 heavy (non-hydrogen) atoms. The number of hydrogen-bond donors (Lipinski definition) is 5. The SMILES string of the molecule is CC(C)(C)N[C@H]1CC[C@H](OC(=O)Nc2cc(C=CCCn3nnc4cc(CNC[C@H](O[Si](C)(C)C(C)(C)C)c5ccc(O)c6[nH]c(=O)ccc56)ccc43)ccc2-c2ccccc2)CC1. The number of aromatic hydroxyl groups is 1. The van der Waals surface area contributed by atoms with E-state index in [9.17, 15) is 14.7 Å². The molecule has 1 aliphatic carbocycles. The van der Waals surface area contributed by atoms with Crippen LogP contribution in [-0.4, -0.2) is 63.7 Å². The van der Waals surface area contributed by atoms with E-state index in [4.69, 9.17) is 9.16 Å². The van der Waals surface area contributed by atoms with Gasteiger partial charge in [-0.3, -0.25) is 10.1 Å². The van der Waals surface area contributed by atoms with Crippen LogP contribution >= 0.6 is 0 Å². The summed E-state index contributed by atoms with van der Waals surface area (Å²) in [4.78, 5) is 28.2. The number of allylic oxidation sites excluding steroid dienone is 1. The number of aromatic amines is 1. The van der Waals surface area contributed by atoms with Gasteiger partial charge in [-0.1, -0.05) is 92.7 Å². The molecule has 2 aromatic heterocycles. The monoisotopic (exact) mass is 883 g/mol. The fraction of sp³-hybridized carbons (Fsp3) is 0.412. The standard InChI is InChI=1S/C51H65N7O5Si/c1-50(2,3)55-37-19-21-38(22-20-37)62-49(61)53-42-30-34(17-23-39(42)36-15-10-9-11-16-36)14-12-13-29-58-44-26-18-35(31-43(44)56-57-58)32-52-33-46(63-64(7,8)51(4,5)6)40-24-27-45(59)48-41(40)25-28-47(60)54-48/h9-12,14-18,23-28,30-31,37-38,46,52,55,59H,13,19-22,29,32-33H2,1-8H3,(H,53,61)(H,54,60)/t37-,38-,46-/m0/s1. The Labute approximate surface area is 378 Å². The molecule has 1 saturated carbocycles. The van der Waals surface area contributed by atoms with Crippen LogP contribution in [0.25, 0.3) is 39.1 Å². The molecule has 5 N–H and O–H groups in total. The summed E-state index contributed by atoms with van der Waals surface area (Å²) in [6.07, 6.45) is 7.73. The number of anilines is 1. The van der Waals surface area contributed by atoms with Crippen LogP contribution in [0.2, 0.25) is 18.1 Å². The van der Waals surface area contributed by atoms with Crippen molar-refractivity contribution in [1.29, 1.82) is 0 Å². The lowest BCUT2D eigenvalue weighted by Crippen LogP contribution is -2.46. The molecule has 4 aromatic carbocycles. The summed E-state index contributed by atoms with van der Waals surface area (Å²) in [5.74, 6) is 0.0290. The number of hydrogen-bond acceptors (Lipinski definition) is 9. The molecule has 0 aliphatic heterocycles. The Balaban J connectivity index is 0.975. The van der Waals surface area contributed by atoms with E-state index >= 15 is 0 Å². The molecule has 0 bridgehead atoms. The zero-order chi connectivity index (χ0) is 45.6. The van der Waals surface area contributed by atoms with Crippen LogP contribution in [0.5, 0.6) is 5.75 Å². The Kier molecular flexibility index (Phi) is 14.2. The first-order valence-corrected chi connectivity index (χ1v) is 25.5. The summed E-state index contributed by atoms with van der Waals surface area (Å²) in [5.41, 5.74) is 7.58. The zero-order valence-electron chi connectivity index (χ0n) is 38.6. The van der Waals surface area contributed by atoms with Gasteiger partial charge in [0.1, 0.15) is 17.4 Å². The molecular weight excluding hydrogens is 819 g/mol. The number of carbonyl (C=O) groups excluding carboxylic acids is 1. The van der Waals surface area contributed by atoms with Crippen molar-refractivity contribution in [2.75, 3.05) is 11.9 Å². The number of aryl methyl sites for hydroxylation is 1. The second kappa shape index (κ2) is 19.6. The van der Waals surface area contributed by atoms with Gasteiger partial charge in [-0.2, -0.15) is 0 Å². The molecule has 1 fully saturated rings. The highest BCUT2D eigenvalue weighted by Crippen LogP contribution is 2.41. The first kappa shape index (κ1) is 46.4. The van der Waals surface area contributed by atoms with E-state index in [-0.39, 0.29) is 34.1 Å². The predicted octanol–water partition coefficient (Wildman–Crippen LogP) is 10.8. The molecule has 1 aliphatic rings. The van der Waals surface area contributed by atoms with Crippen LogP contribution in [0.4, 0.5) is 10.5 Å². The quantitative estimate of drug-likeness (QED) is 0.0634. The molecule has 2 heterocycles. The average molecular weight is 884 g/mol. The van der Waals surface area contributed by atoms with E-state index in [1.54, 1.807) is 12.1 Å². The highest BCUT2D eigenvalue weighted by molar-refractivity contribution is 6.74. The first-order valence-electron chi connectivity index (χ1n) is 22.6. The number of carbonyl (C=O) groups is 1. The van der Waals surface area contributed by atoms with Crippen LogP contribution in [0.1, 0.15) is 96.4 Å². The third-order valence-corrected chi connectivity index (χ3v) is 17.0. The van der Waals surface area contributed by atoms with E-state index in [0.29, 0.717) is 36.9 Å². The fourth-order valence-electron chi connectivity index (χ4n) is 8.21. The van der Waals surface area contributed by atoms with Gasteiger partial charge in [0, 0.05) is 48.2 Å². The van der Waals surface area contributed by atoms with Crippen LogP contribution in [0.15, 0.2) is 102 Å². The molecule has 0 saturated heterocycles. The van der Waals surface area contributed by atoms with Crippen LogP contribution < -0.4 is 21.5 Å². The van der Waals surface area contributed by atoms with E-state index < -0.39 is 14.4 Å². The topological polar surface area (TPSA) is 155 Å². The van der Waals surface area contributed by atoms with Crippen LogP contribution in [0.3, 0.4) is 0 Å². The van der Waals surface area contributed by atoms with E-state index in [0.717, 1.165) is 76.3 Å². The predicted molar refractivity (Wildman–Crippen MR) is 261 cm³/mol. The lowest BCUT2D eigenvalue weighted by Gasteiger charge is -2.39. The van der Waals surface area contributed by atoms with Gasteiger partial charge in [-0.05, 0) is 124 Å². The molecule has 1 atom stereocenters. The van der Waals surface area contributed by atoms with Gasteiger partial charge in [0.05, 0.1) is 22.8 Å². The lowest BCUT2D eigenvalue weighted by molar-refractivity contribution is 0.0762. The molecule has 1 amide bonds. The largest absolute Gasteiger partial charge is 0.506 e. The van der Waals surface area contributed by atoms with Crippen molar-refractivity contribution in [2.24, 2.45) is 0 Å². The van der Waals surface area contributed by atoms with Gasteiger partial charge in [0.15, 0.2) is 8.32 Å². The molecule has 0 unspecified atom stereocenters. The third kappa shape index (κ3) is 11.7. The van der Waals surface area contributed by atoms with Gasteiger partial charge < -0.3 is 29.9 Å². The zero-order valence-corrected chi connectivity index (χ0v) is 39.6. The van der Waals surface area contributed by atoms with Crippen LogP contribution in [0, 0.1) is 0 Å². The Hall–Kier alpha value is -5.60. The number of phenols is 1. The maximum atomic E-state index is 13.3. The number of fused-ring (bicyclic) bond motifs is 2. The number of rotatable bonds is 15. The minimum absolute atomic E-state index is 0.0190. The van der Waals surface area contributed by atoms with Gasteiger partial charge >= 0.3 is 6.09 Å². The molecule has 338 valence electrons. The fourth-order valence-corrected chi connectivity index (χ4v) is 9.49. The summed E-state index contributed by atoms with van der Waals surface area (Å²) >= 11 is 0. The number of phenolic OH excluding ortho intramolecular Hbond substituents is 1. The minimum Gasteiger partial charge on any atom is -0.506 e. The molecule has 7 rings (SSSR count). The lowest BCUT2D eigenvalue weighted by atomic mass is 9.91.